The molecule has 0 amide bonds. The summed E-state index contributed by atoms with van der Waals surface area (Å²) in [5, 5.41) is -0.360. The Morgan fingerprint density at radius 1 is 1.73 bits per heavy atom. The molecule has 0 saturated heterocycles. The lowest BCUT2D eigenvalue weighted by molar-refractivity contribution is -0.110. The molecule has 1 aromatic rings. The van der Waals surface area contributed by atoms with Gasteiger partial charge in [0.1, 0.15) is 0 Å². The Morgan fingerprint density at radius 2 is 2.55 bits per heavy atom. The molecule has 0 bridgehead atoms. The highest BCUT2D eigenvalue weighted by Crippen LogP contribution is 1.93. The Bertz CT molecular complexity index is 253. The quantitative estimate of drug-likeness (QED) is 0.645. The van der Waals surface area contributed by atoms with Crippen molar-refractivity contribution in [2.75, 3.05) is 0 Å². The van der Waals surface area contributed by atoms with Crippen molar-refractivity contribution in [1.29, 1.82) is 0 Å². The topological polar surface area (TPSA) is 34.9 Å². The van der Waals surface area contributed by atoms with Crippen LogP contribution in [0, 0.1) is 0 Å². The first-order valence-corrected chi connectivity index (χ1v) is 3.49. The van der Waals surface area contributed by atoms with Crippen molar-refractivity contribution in [2.45, 2.75) is 6.42 Å². The molecule has 0 aliphatic rings. The minimum absolute atomic E-state index is 0.250. The van der Waals surface area contributed by atoms with Crippen LogP contribution >= 0.6 is 11.6 Å². The van der Waals surface area contributed by atoms with E-state index >= 15 is 0 Å². The van der Waals surface area contributed by atoms with Gasteiger partial charge in [-0.3, -0.25) is 4.79 Å². The Morgan fingerprint density at radius 3 is 3.09 bits per heavy atom. The maximum absolute atomic E-state index is 10.3. The molecule has 0 saturated carbocycles. The molecule has 1 rings (SSSR count). The number of aromatic nitrogens is 2. The highest BCUT2D eigenvalue weighted by Gasteiger charge is 1.88. The van der Waals surface area contributed by atoms with Crippen molar-refractivity contribution < 1.29 is 4.79 Å². The average molecular weight is 171 g/mol. The van der Waals surface area contributed by atoms with Gasteiger partial charge in [0.2, 0.25) is 5.24 Å². The number of carbonyl (C=O) groups excluding carboxylic acids is 1. The summed E-state index contributed by atoms with van der Waals surface area (Å²) in [5.74, 6) is 0. The molecule has 0 radical (unpaired) electrons. The normalized spacial score (nSPS) is 10.6. The first kappa shape index (κ1) is 8.01. The van der Waals surface area contributed by atoms with Crippen molar-refractivity contribution >= 4 is 23.0 Å². The van der Waals surface area contributed by atoms with Gasteiger partial charge in [0.15, 0.2) is 0 Å². The molecule has 0 unspecified atom stereocenters. The standard InChI is InChI=1S/C7H7ClN2O/c8-7(11)2-1-4-10-5-3-9-6-10/h1,3-6H,2H2. The summed E-state index contributed by atoms with van der Waals surface area (Å²) >= 11 is 5.10. The lowest BCUT2D eigenvalue weighted by atomic mass is 10.4. The fourth-order valence-electron chi connectivity index (χ4n) is 0.625. The maximum atomic E-state index is 10.3. The second kappa shape index (κ2) is 3.93. The Hall–Kier alpha value is -1.09. The number of hydrogen-bond acceptors (Lipinski definition) is 2. The van der Waals surface area contributed by atoms with Gasteiger partial charge >= 0.3 is 0 Å². The van der Waals surface area contributed by atoms with Crippen LogP contribution in [0.25, 0.3) is 6.20 Å². The van der Waals surface area contributed by atoms with E-state index in [1.165, 1.54) is 0 Å². The van der Waals surface area contributed by atoms with Crippen molar-refractivity contribution in [3.8, 4) is 0 Å². The highest BCUT2D eigenvalue weighted by atomic mass is 35.5. The number of allylic oxidation sites excluding steroid dienone is 1. The molecular formula is C7H7ClN2O. The van der Waals surface area contributed by atoms with Gasteiger partial charge in [-0.05, 0) is 11.6 Å². The largest absolute Gasteiger partial charge is 0.313 e. The zero-order chi connectivity index (χ0) is 8.10. The van der Waals surface area contributed by atoms with Crippen molar-refractivity contribution in [3.05, 3.63) is 24.8 Å². The molecule has 0 atom stereocenters. The summed E-state index contributed by atoms with van der Waals surface area (Å²) < 4.78 is 1.74. The molecule has 3 nitrogen and oxygen atoms in total. The minimum Gasteiger partial charge on any atom is -0.313 e. The first-order valence-electron chi connectivity index (χ1n) is 3.11. The summed E-state index contributed by atoms with van der Waals surface area (Å²) in [5.41, 5.74) is 0. The molecule has 0 aromatic carbocycles. The van der Waals surface area contributed by atoms with Crippen LogP contribution in [0.4, 0.5) is 0 Å². The van der Waals surface area contributed by atoms with Crippen LogP contribution in [0.1, 0.15) is 6.42 Å². The predicted octanol–water partition coefficient (Wildman–Crippen LogP) is 1.51. The van der Waals surface area contributed by atoms with Gasteiger partial charge in [0.05, 0.1) is 6.33 Å². The molecule has 0 fully saturated rings. The molecule has 0 spiro atoms. The van der Waals surface area contributed by atoms with E-state index in [9.17, 15) is 4.79 Å². The molecule has 0 aliphatic heterocycles. The van der Waals surface area contributed by atoms with E-state index in [1.807, 2.05) is 0 Å². The van der Waals surface area contributed by atoms with Crippen LogP contribution in [-0.2, 0) is 4.79 Å². The zero-order valence-corrected chi connectivity index (χ0v) is 6.53. The van der Waals surface area contributed by atoms with Gasteiger partial charge in [-0.1, -0.05) is 6.08 Å². The van der Waals surface area contributed by atoms with E-state index in [0.717, 1.165) is 0 Å². The lowest BCUT2D eigenvalue weighted by Gasteiger charge is -1.87. The van der Waals surface area contributed by atoms with E-state index in [1.54, 1.807) is 35.6 Å². The molecule has 1 heterocycles. The Kier molecular flexibility index (Phi) is 2.86. The number of imidazole rings is 1. The molecule has 58 valence electrons. The van der Waals surface area contributed by atoms with Crippen molar-refractivity contribution in [1.82, 2.24) is 9.55 Å². The van der Waals surface area contributed by atoms with E-state index in [4.69, 9.17) is 11.6 Å². The number of carbonyl (C=O) groups is 1. The van der Waals surface area contributed by atoms with E-state index in [2.05, 4.69) is 4.98 Å². The van der Waals surface area contributed by atoms with Crippen LogP contribution in [0.3, 0.4) is 0 Å². The number of halogens is 1. The van der Waals surface area contributed by atoms with Crippen LogP contribution in [0.5, 0.6) is 0 Å². The van der Waals surface area contributed by atoms with Gasteiger partial charge in [0.25, 0.3) is 0 Å². The predicted molar refractivity (Wildman–Crippen MR) is 43.0 cm³/mol. The molecular weight excluding hydrogens is 164 g/mol. The van der Waals surface area contributed by atoms with Gasteiger partial charge in [-0.2, -0.15) is 0 Å². The lowest BCUT2D eigenvalue weighted by Crippen LogP contribution is -1.82. The zero-order valence-electron chi connectivity index (χ0n) is 5.77. The number of nitrogens with zero attached hydrogens (tertiary/aromatic N) is 2. The second-order valence-electron chi connectivity index (χ2n) is 1.95. The van der Waals surface area contributed by atoms with E-state index in [-0.39, 0.29) is 11.7 Å². The average Bonchev–Trinajstić information content (AvgIpc) is 2.39. The second-order valence-corrected chi connectivity index (χ2v) is 2.38. The monoisotopic (exact) mass is 170 g/mol. The van der Waals surface area contributed by atoms with Gasteiger partial charge in [0, 0.05) is 25.0 Å². The highest BCUT2D eigenvalue weighted by molar-refractivity contribution is 6.63. The Labute approximate surface area is 69.3 Å². The van der Waals surface area contributed by atoms with Gasteiger partial charge in [-0.15, -0.1) is 0 Å². The smallest absolute Gasteiger partial charge is 0.225 e. The Balaban J connectivity index is 2.43. The maximum Gasteiger partial charge on any atom is 0.225 e. The minimum atomic E-state index is -0.360. The summed E-state index contributed by atoms with van der Waals surface area (Å²) in [7, 11) is 0. The first-order chi connectivity index (χ1) is 5.29. The number of hydrogen-bond donors (Lipinski definition) is 0. The summed E-state index contributed by atoms with van der Waals surface area (Å²) in [6.45, 7) is 0. The molecule has 4 heteroatoms. The summed E-state index contributed by atoms with van der Waals surface area (Å²) in [6, 6.07) is 0. The molecule has 0 aliphatic carbocycles. The molecule has 11 heavy (non-hydrogen) atoms. The van der Waals surface area contributed by atoms with E-state index in [0.29, 0.717) is 0 Å². The summed E-state index contributed by atoms with van der Waals surface area (Å²) in [6.07, 6.45) is 8.72. The third-order valence-electron chi connectivity index (χ3n) is 1.08. The van der Waals surface area contributed by atoms with Crippen molar-refractivity contribution in [3.63, 3.8) is 0 Å². The van der Waals surface area contributed by atoms with Crippen LogP contribution in [0.2, 0.25) is 0 Å². The summed E-state index contributed by atoms with van der Waals surface area (Å²) in [4.78, 5) is 14.1. The van der Waals surface area contributed by atoms with Crippen LogP contribution in [-0.4, -0.2) is 14.8 Å². The van der Waals surface area contributed by atoms with E-state index < -0.39 is 0 Å². The SMILES string of the molecule is O=C(Cl)CC=Cn1ccnc1. The fraction of sp³-hybridized carbons (Fsp3) is 0.143. The fourth-order valence-corrected chi connectivity index (χ4v) is 0.714. The van der Waals surface area contributed by atoms with Gasteiger partial charge in [-0.25, -0.2) is 4.98 Å². The van der Waals surface area contributed by atoms with Gasteiger partial charge < -0.3 is 4.57 Å². The molecule has 1 aromatic heterocycles. The van der Waals surface area contributed by atoms with Crippen molar-refractivity contribution in [2.24, 2.45) is 0 Å². The third-order valence-corrected chi connectivity index (χ3v) is 1.24. The molecule has 0 N–H and O–H groups in total. The number of rotatable bonds is 3. The third kappa shape index (κ3) is 3.00. The van der Waals surface area contributed by atoms with Crippen LogP contribution in [0.15, 0.2) is 24.8 Å². The van der Waals surface area contributed by atoms with Crippen LogP contribution < -0.4 is 0 Å².